The summed E-state index contributed by atoms with van der Waals surface area (Å²) in [6.07, 6.45) is 1.67. The van der Waals surface area contributed by atoms with Crippen LogP contribution in [-0.4, -0.2) is 22.7 Å². The first-order chi connectivity index (χ1) is 10.7. The van der Waals surface area contributed by atoms with E-state index in [9.17, 15) is 4.39 Å². The van der Waals surface area contributed by atoms with Crippen LogP contribution in [0.25, 0.3) is 16.7 Å². The van der Waals surface area contributed by atoms with Crippen molar-refractivity contribution in [1.82, 2.24) is 14.9 Å². The Kier molecular flexibility index (Phi) is 3.24. The summed E-state index contributed by atoms with van der Waals surface area (Å²) in [7, 11) is 0. The number of nitrogens with one attached hydrogen (secondary N) is 1. The zero-order chi connectivity index (χ0) is 15.1. The van der Waals surface area contributed by atoms with Crippen molar-refractivity contribution in [2.45, 2.75) is 6.54 Å². The Morgan fingerprint density at radius 1 is 1.27 bits per heavy atom. The van der Waals surface area contributed by atoms with Crippen molar-refractivity contribution in [3.05, 3.63) is 53.1 Å². The van der Waals surface area contributed by atoms with Gasteiger partial charge >= 0.3 is 0 Å². The largest absolute Gasteiger partial charge is 0.490 e. The molecule has 2 heterocycles. The lowest BCUT2D eigenvalue weighted by Crippen LogP contribution is -2.16. The van der Waals surface area contributed by atoms with Crippen LogP contribution in [0.1, 0.15) is 5.56 Å². The third kappa shape index (κ3) is 2.23. The summed E-state index contributed by atoms with van der Waals surface area (Å²) in [5.41, 5.74) is 3.33. The van der Waals surface area contributed by atoms with Gasteiger partial charge in [-0.05, 0) is 24.3 Å². The smallest absolute Gasteiger partial charge is 0.142 e. The fourth-order valence-corrected chi connectivity index (χ4v) is 2.99. The van der Waals surface area contributed by atoms with Crippen molar-refractivity contribution in [3.63, 3.8) is 0 Å². The first-order valence-electron chi connectivity index (χ1n) is 7.01. The average Bonchev–Trinajstić information content (AvgIpc) is 2.75. The van der Waals surface area contributed by atoms with Crippen molar-refractivity contribution >= 4 is 22.6 Å². The highest BCUT2D eigenvalue weighted by atomic mass is 35.5. The third-order valence-corrected chi connectivity index (χ3v) is 4.01. The van der Waals surface area contributed by atoms with Gasteiger partial charge in [0.15, 0.2) is 0 Å². The zero-order valence-electron chi connectivity index (χ0n) is 11.6. The van der Waals surface area contributed by atoms with Crippen molar-refractivity contribution in [3.8, 4) is 11.4 Å². The molecule has 0 aliphatic carbocycles. The van der Waals surface area contributed by atoms with Crippen LogP contribution in [0.5, 0.6) is 5.75 Å². The molecule has 0 amide bonds. The van der Waals surface area contributed by atoms with Crippen LogP contribution in [0.4, 0.5) is 4.39 Å². The Morgan fingerprint density at radius 2 is 2.18 bits per heavy atom. The molecule has 1 N–H and O–H groups in total. The second-order valence-electron chi connectivity index (χ2n) is 5.19. The number of imidazole rings is 1. The Bertz CT molecular complexity index is 862. The van der Waals surface area contributed by atoms with Crippen LogP contribution in [0.15, 0.2) is 36.7 Å². The highest BCUT2D eigenvalue weighted by molar-refractivity contribution is 6.32. The van der Waals surface area contributed by atoms with Crippen LogP contribution in [0.2, 0.25) is 5.02 Å². The summed E-state index contributed by atoms with van der Waals surface area (Å²) >= 11 is 6.37. The summed E-state index contributed by atoms with van der Waals surface area (Å²) in [4.78, 5) is 4.25. The van der Waals surface area contributed by atoms with Gasteiger partial charge in [-0.3, -0.25) is 4.57 Å². The Morgan fingerprint density at radius 3 is 3.09 bits per heavy atom. The molecule has 3 aromatic rings. The second kappa shape index (κ2) is 5.26. The molecule has 0 bridgehead atoms. The normalized spacial score (nSPS) is 14.5. The predicted molar refractivity (Wildman–Crippen MR) is 83.2 cm³/mol. The SMILES string of the molecule is Fc1ccc2c(c1)ncn2-c1cc(Cl)c2c(c1)CNCCO2. The number of nitrogens with zero attached hydrogens (tertiary/aromatic N) is 2. The lowest BCUT2D eigenvalue weighted by atomic mass is 10.1. The maximum atomic E-state index is 13.3. The number of fused-ring (bicyclic) bond motifs is 2. The van der Waals surface area contributed by atoms with Crippen LogP contribution >= 0.6 is 11.6 Å². The minimum atomic E-state index is -0.296. The van der Waals surface area contributed by atoms with E-state index in [1.807, 2.05) is 16.7 Å². The van der Waals surface area contributed by atoms with Crippen LogP contribution in [0, 0.1) is 5.82 Å². The van der Waals surface area contributed by atoms with Crippen molar-refractivity contribution in [1.29, 1.82) is 0 Å². The third-order valence-electron chi connectivity index (χ3n) is 3.73. The zero-order valence-corrected chi connectivity index (χ0v) is 12.4. The molecule has 2 aromatic carbocycles. The minimum Gasteiger partial charge on any atom is -0.490 e. The second-order valence-corrected chi connectivity index (χ2v) is 5.60. The Labute approximate surface area is 131 Å². The van der Waals surface area contributed by atoms with Crippen LogP contribution in [-0.2, 0) is 6.54 Å². The summed E-state index contributed by atoms with van der Waals surface area (Å²) in [5, 5.41) is 3.86. The quantitative estimate of drug-likeness (QED) is 0.748. The van der Waals surface area contributed by atoms with E-state index in [0.717, 1.165) is 29.1 Å². The maximum Gasteiger partial charge on any atom is 0.142 e. The van der Waals surface area contributed by atoms with E-state index in [4.69, 9.17) is 16.3 Å². The van der Waals surface area contributed by atoms with E-state index in [-0.39, 0.29) is 5.82 Å². The number of rotatable bonds is 1. The van der Waals surface area contributed by atoms with Gasteiger partial charge in [-0.15, -0.1) is 0 Å². The molecule has 0 atom stereocenters. The standard InChI is InChI=1S/C16H13ClFN3O/c17-13-7-12(5-10-8-19-3-4-22-16(10)13)21-9-20-14-6-11(18)1-2-15(14)21/h1-2,5-7,9,19H,3-4,8H2. The van der Waals surface area contributed by atoms with Gasteiger partial charge in [-0.2, -0.15) is 0 Å². The van der Waals surface area contributed by atoms with Gasteiger partial charge in [0.1, 0.15) is 24.5 Å². The van der Waals surface area contributed by atoms with Gasteiger partial charge in [0.25, 0.3) is 0 Å². The van der Waals surface area contributed by atoms with Gasteiger partial charge in [0.2, 0.25) is 0 Å². The number of benzene rings is 2. The van der Waals surface area contributed by atoms with Crippen molar-refractivity contribution < 1.29 is 9.13 Å². The highest BCUT2D eigenvalue weighted by Crippen LogP contribution is 2.33. The minimum absolute atomic E-state index is 0.296. The molecule has 22 heavy (non-hydrogen) atoms. The number of hydrogen-bond acceptors (Lipinski definition) is 3. The van der Waals surface area contributed by atoms with Crippen LogP contribution in [0.3, 0.4) is 0 Å². The molecule has 4 rings (SSSR count). The van der Waals surface area contributed by atoms with Gasteiger partial charge in [0, 0.05) is 30.4 Å². The molecule has 6 heteroatoms. The number of aromatic nitrogens is 2. The van der Waals surface area contributed by atoms with E-state index in [1.54, 1.807) is 12.4 Å². The molecule has 1 aliphatic heterocycles. The Balaban J connectivity index is 1.88. The molecule has 0 unspecified atom stereocenters. The molecule has 1 aliphatic rings. The van der Waals surface area contributed by atoms with Crippen LogP contribution < -0.4 is 10.1 Å². The van der Waals surface area contributed by atoms with Gasteiger partial charge < -0.3 is 10.1 Å². The molecular weight excluding hydrogens is 305 g/mol. The summed E-state index contributed by atoms with van der Waals surface area (Å²) in [5.74, 6) is 0.432. The van der Waals surface area contributed by atoms with Gasteiger partial charge in [0.05, 0.1) is 16.1 Å². The molecule has 0 spiro atoms. The molecule has 1 aromatic heterocycles. The van der Waals surface area contributed by atoms with E-state index in [2.05, 4.69) is 10.3 Å². The lowest BCUT2D eigenvalue weighted by Gasteiger charge is -2.12. The molecule has 0 fully saturated rings. The number of hydrogen-bond donors (Lipinski definition) is 1. The van der Waals surface area contributed by atoms with Crippen molar-refractivity contribution in [2.75, 3.05) is 13.2 Å². The maximum absolute atomic E-state index is 13.3. The molecular formula is C16H13ClFN3O. The molecule has 0 saturated heterocycles. The average molecular weight is 318 g/mol. The molecule has 4 nitrogen and oxygen atoms in total. The number of halogens is 2. The Hall–Kier alpha value is -2.11. The topological polar surface area (TPSA) is 39.1 Å². The summed E-state index contributed by atoms with van der Waals surface area (Å²) in [6.45, 7) is 2.08. The predicted octanol–water partition coefficient (Wildman–Crippen LogP) is 3.30. The molecule has 0 radical (unpaired) electrons. The molecule has 112 valence electrons. The van der Waals surface area contributed by atoms with Gasteiger partial charge in [-0.25, -0.2) is 9.37 Å². The first kappa shape index (κ1) is 13.5. The summed E-state index contributed by atoms with van der Waals surface area (Å²) < 4.78 is 20.9. The molecule has 0 saturated carbocycles. The highest BCUT2D eigenvalue weighted by Gasteiger charge is 2.15. The van der Waals surface area contributed by atoms with E-state index in [0.29, 0.717) is 23.7 Å². The fraction of sp³-hybridized carbons (Fsp3) is 0.188. The van der Waals surface area contributed by atoms with E-state index < -0.39 is 0 Å². The van der Waals surface area contributed by atoms with E-state index in [1.165, 1.54) is 12.1 Å². The van der Waals surface area contributed by atoms with Gasteiger partial charge in [-0.1, -0.05) is 11.6 Å². The number of ether oxygens (including phenoxy) is 1. The van der Waals surface area contributed by atoms with E-state index >= 15 is 0 Å². The fourth-order valence-electron chi connectivity index (χ4n) is 2.71. The van der Waals surface area contributed by atoms with Crippen molar-refractivity contribution in [2.24, 2.45) is 0 Å². The monoisotopic (exact) mass is 317 g/mol. The summed E-state index contributed by atoms with van der Waals surface area (Å²) in [6, 6.07) is 8.42. The first-order valence-corrected chi connectivity index (χ1v) is 7.39. The lowest BCUT2D eigenvalue weighted by molar-refractivity contribution is 0.326.